The van der Waals surface area contributed by atoms with Crippen LogP contribution in [-0.4, -0.2) is 29.1 Å². The predicted octanol–water partition coefficient (Wildman–Crippen LogP) is 1.13. The van der Waals surface area contributed by atoms with Gasteiger partial charge < -0.3 is 5.73 Å². The van der Waals surface area contributed by atoms with Gasteiger partial charge in [-0.2, -0.15) is 0 Å². The van der Waals surface area contributed by atoms with Crippen LogP contribution in [0.4, 0.5) is 4.39 Å². The first-order chi connectivity index (χ1) is 12.2. The summed E-state index contributed by atoms with van der Waals surface area (Å²) >= 11 is 0. The first kappa shape index (κ1) is 17.7. The van der Waals surface area contributed by atoms with E-state index < -0.39 is 21.7 Å². The summed E-state index contributed by atoms with van der Waals surface area (Å²) < 4.78 is 38.4. The number of nitrogens with zero attached hydrogens (tertiary/aromatic N) is 3. The molecule has 0 aliphatic rings. The molecule has 0 fully saturated rings. The average Bonchev–Trinajstić information content (AvgIpc) is 2.96. The third kappa shape index (κ3) is 3.32. The highest BCUT2D eigenvalue weighted by atomic mass is 32.2. The number of hydrogen-bond acceptors (Lipinski definition) is 5. The Morgan fingerprint density at radius 2 is 1.81 bits per heavy atom. The molecule has 26 heavy (non-hydrogen) atoms. The zero-order valence-electron chi connectivity index (χ0n) is 13.5. The summed E-state index contributed by atoms with van der Waals surface area (Å²) in [5, 5.41) is 9.32. The van der Waals surface area contributed by atoms with E-state index in [-0.39, 0.29) is 16.4 Å². The van der Waals surface area contributed by atoms with E-state index in [9.17, 15) is 17.6 Å². The Labute approximate surface area is 148 Å². The zero-order chi connectivity index (χ0) is 19.1. The van der Waals surface area contributed by atoms with E-state index in [0.29, 0.717) is 17.0 Å². The molecule has 0 saturated heterocycles. The summed E-state index contributed by atoms with van der Waals surface area (Å²) in [6.07, 6.45) is 0. The van der Waals surface area contributed by atoms with E-state index in [0.717, 1.165) is 18.2 Å². The number of benzene rings is 2. The number of carbonyl (C=O) groups is 1. The summed E-state index contributed by atoms with van der Waals surface area (Å²) in [5.74, 6) is -0.627. The van der Waals surface area contributed by atoms with Gasteiger partial charge in [-0.3, -0.25) is 4.79 Å². The van der Waals surface area contributed by atoms with Crippen molar-refractivity contribution in [2.45, 2.75) is 11.8 Å². The average molecular weight is 375 g/mol. The summed E-state index contributed by atoms with van der Waals surface area (Å²) in [5.41, 5.74) is 6.02. The molecule has 0 radical (unpaired) electrons. The second kappa shape index (κ2) is 6.32. The van der Waals surface area contributed by atoms with Crippen molar-refractivity contribution in [1.82, 2.24) is 14.8 Å². The van der Waals surface area contributed by atoms with Gasteiger partial charge in [-0.15, -0.1) is 5.10 Å². The molecule has 0 saturated carbocycles. The van der Waals surface area contributed by atoms with Crippen LogP contribution in [0.25, 0.3) is 17.1 Å². The van der Waals surface area contributed by atoms with Crippen molar-refractivity contribution in [3.63, 3.8) is 0 Å². The Kier molecular flexibility index (Phi) is 4.30. The molecule has 1 heterocycles. The number of primary amides is 1. The van der Waals surface area contributed by atoms with E-state index in [1.807, 2.05) is 0 Å². The topological polar surface area (TPSA) is 134 Å². The van der Waals surface area contributed by atoms with Crippen molar-refractivity contribution in [3.05, 3.63) is 59.7 Å². The van der Waals surface area contributed by atoms with Gasteiger partial charge in [-0.1, -0.05) is 12.1 Å². The first-order valence-electron chi connectivity index (χ1n) is 7.33. The number of hydrogen-bond donors (Lipinski definition) is 2. The van der Waals surface area contributed by atoms with Gasteiger partial charge in [-0.25, -0.2) is 27.6 Å². The van der Waals surface area contributed by atoms with Gasteiger partial charge in [0.1, 0.15) is 17.3 Å². The number of nitrogens with two attached hydrogens (primary N) is 2. The lowest BCUT2D eigenvalue weighted by molar-refractivity contribution is 0.100. The highest BCUT2D eigenvalue weighted by molar-refractivity contribution is 7.89. The number of amides is 1. The smallest absolute Gasteiger partial charge is 0.248 e. The fourth-order valence-corrected chi connectivity index (χ4v) is 2.89. The van der Waals surface area contributed by atoms with Crippen LogP contribution in [-0.2, 0) is 10.0 Å². The Morgan fingerprint density at radius 3 is 2.38 bits per heavy atom. The van der Waals surface area contributed by atoms with Gasteiger partial charge in [0.15, 0.2) is 5.82 Å². The number of rotatable bonds is 4. The lowest BCUT2D eigenvalue weighted by atomic mass is 10.1. The third-order valence-electron chi connectivity index (χ3n) is 3.67. The molecular weight excluding hydrogens is 361 g/mol. The highest BCUT2D eigenvalue weighted by Gasteiger charge is 2.17. The lowest BCUT2D eigenvalue weighted by Crippen LogP contribution is -2.13. The molecule has 3 aromatic rings. The molecular formula is C16H14FN5O3S. The molecule has 8 nitrogen and oxygen atoms in total. The van der Waals surface area contributed by atoms with Crippen molar-refractivity contribution in [2.24, 2.45) is 10.9 Å². The number of sulfonamides is 1. The van der Waals surface area contributed by atoms with Crippen LogP contribution in [0.3, 0.4) is 0 Å². The molecule has 0 atom stereocenters. The summed E-state index contributed by atoms with van der Waals surface area (Å²) in [6.45, 7) is 1.59. The number of aromatic nitrogens is 3. The molecule has 10 heteroatoms. The minimum absolute atomic E-state index is 0.0958. The van der Waals surface area contributed by atoms with Gasteiger partial charge in [0, 0.05) is 11.1 Å². The Hall–Kier alpha value is -3.11. The highest BCUT2D eigenvalue weighted by Crippen LogP contribution is 2.22. The molecule has 4 N–H and O–H groups in total. The van der Waals surface area contributed by atoms with E-state index in [1.165, 1.54) is 16.8 Å². The van der Waals surface area contributed by atoms with Crippen molar-refractivity contribution in [3.8, 4) is 17.1 Å². The zero-order valence-corrected chi connectivity index (χ0v) is 14.4. The van der Waals surface area contributed by atoms with E-state index in [4.69, 9.17) is 10.9 Å². The second-order valence-corrected chi connectivity index (χ2v) is 7.06. The molecule has 2 aromatic carbocycles. The van der Waals surface area contributed by atoms with Gasteiger partial charge >= 0.3 is 0 Å². The molecule has 0 aliphatic carbocycles. The Bertz CT molecular complexity index is 1110. The molecule has 0 unspecified atom stereocenters. The van der Waals surface area contributed by atoms with Crippen molar-refractivity contribution < 1.29 is 17.6 Å². The fraction of sp³-hybridized carbons (Fsp3) is 0.0625. The summed E-state index contributed by atoms with van der Waals surface area (Å²) in [6, 6.07) is 9.42. The van der Waals surface area contributed by atoms with Crippen LogP contribution < -0.4 is 10.9 Å². The van der Waals surface area contributed by atoms with E-state index in [1.54, 1.807) is 19.1 Å². The molecule has 1 aromatic heterocycles. The predicted molar refractivity (Wildman–Crippen MR) is 91.4 cm³/mol. The van der Waals surface area contributed by atoms with Gasteiger partial charge in [0.05, 0.1) is 4.90 Å². The largest absolute Gasteiger partial charge is 0.366 e. The number of carbonyl (C=O) groups excluding carboxylic acids is 1. The van der Waals surface area contributed by atoms with Crippen molar-refractivity contribution >= 4 is 15.9 Å². The van der Waals surface area contributed by atoms with Crippen LogP contribution in [0, 0.1) is 12.7 Å². The second-order valence-electron chi connectivity index (χ2n) is 5.49. The molecule has 0 bridgehead atoms. The van der Waals surface area contributed by atoms with Gasteiger partial charge in [0.2, 0.25) is 15.9 Å². The van der Waals surface area contributed by atoms with Crippen LogP contribution in [0.2, 0.25) is 0 Å². The quantitative estimate of drug-likeness (QED) is 0.705. The number of aryl methyl sites for hydroxylation is 1. The molecule has 1 amide bonds. The Balaban J connectivity index is 2.08. The molecule has 3 rings (SSSR count). The minimum atomic E-state index is -3.99. The third-order valence-corrected chi connectivity index (χ3v) is 4.58. The normalized spacial score (nSPS) is 11.5. The van der Waals surface area contributed by atoms with Gasteiger partial charge in [0.25, 0.3) is 0 Å². The van der Waals surface area contributed by atoms with E-state index in [2.05, 4.69) is 10.1 Å². The van der Waals surface area contributed by atoms with Crippen LogP contribution in [0.15, 0.2) is 47.4 Å². The van der Waals surface area contributed by atoms with Gasteiger partial charge in [-0.05, 0) is 37.3 Å². The van der Waals surface area contributed by atoms with Crippen LogP contribution in [0.5, 0.6) is 0 Å². The van der Waals surface area contributed by atoms with Crippen LogP contribution in [0.1, 0.15) is 16.2 Å². The SMILES string of the molecule is Cc1nc(-c2ccc(C(N)=O)cc2)nn1-c1cc(S(N)(=O)=O)ccc1F. The number of halogens is 1. The minimum Gasteiger partial charge on any atom is -0.366 e. The van der Waals surface area contributed by atoms with Crippen LogP contribution >= 0.6 is 0 Å². The maximum absolute atomic E-state index is 14.2. The molecule has 0 aliphatic heterocycles. The fourth-order valence-electron chi connectivity index (χ4n) is 2.36. The summed E-state index contributed by atoms with van der Waals surface area (Å²) in [4.78, 5) is 15.1. The monoisotopic (exact) mass is 375 g/mol. The van der Waals surface area contributed by atoms with E-state index >= 15 is 0 Å². The summed E-state index contributed by atoms with van der Waals surface area (Å²) in [7, 11) is -3.99. The first-order valence-corrected chi connectivity index (χ1v) is 8.88. The van der Waals surface area contributed by atoms with Crippen molar-refractivity contribution in [2.75, 3.05) is 0 Å². The maximum Gasteiger partial charge on any atom is 0.248 e. The lowest BCUT2D eigenvalue weighted by Gasteiger charge is -2.06. The maximum atomic E-state index is 14.2. The Morgan fingerprint density at radius 1 is 1.15 bits per heavy atom. The number of primary sulfonamides is 1. The standard InChI is InChI=1S/C16H14FN5O3S/c1-9-20-16(11-4-2-10(3-5-11)15(18)23)21-22(9)14-8-12(26(19,24)25)6-7-13(14)17/h2-8H,1H3,(H2,18,23)(H2,19,24,25). The molecule has 0 spiro atoms. The molecule has 134 valence electrons. The van der Waals surface area contributed by atoms with Crippen molar-refractivity contribution in [1.29, 1.82) is 0 Å².